The number of benzene rings is 2. The summed E-state index contributed by atoms with van der Waals surface area (Å²) in [7, 11) is 0. The van der Waals surface area contributed by atoms with E-state index in [0.29, 0.717) is 12.3 Å². The van der Waals surface area contributed by atoms with E-state index in [0.717, 1.165) is 16.7 Å². The number of hydrogen-bond acceptors (Lipinski definition) is 2. The summed E-state index contributed by atoms with van der Waals surface area (Å²) in [4.78, 5) is 0. The first-order chi connectivity index (χ1) is 9.19. The lowest BCUT2D eigenvalue weighted by Gasteiger charge is -2.08. The fourth-order valence-corrected chi connectivity index (χ4v) is 1.80. The quantitative estimate of drug-likeness (QED) is 0.909. The van der Waals surface area contributed by atoms with Crippen LogP contribution in [0.5, 0.6) is 5.75 Å². The number of alkyl halides is 2. The highest BCUT2D eigenvalue weighted by Crippen LogP contribution is 2.24. The van der Waals surface area contributed by atoms with Gasteiger partial charge in [-0.25, -0.2) is 8.78 Å². The Labute approximate surface area is 123 Å². The first-order valence-electron chi connectivity index (χ1n) is 5.99. The molecule has 0 aromatic heterocycles. The SMILES string of the molecule is Cl.NCc1cccc(-c2cccc(OCC(F)F)c2)c1. The zero-order chi connectivity index (χ0) is 13.7. The Morgan fingerprint density at radius 2 is 1.65 bits per heavy atom. The predicted molar refractivity (Wildman–Crippen MR) is 78.5 cm³/mol. The standard InChI is InChI=1S/C15H15F2NO.ClH/c16-15(17)10-19-14-6-2-5-13(8-14)12-4-1-3-11(7-12)9-18;/h1-8,15H,9-10,18H2;1H. The molecule has 0 fully saturated rings. The second-order valence-corrected chi connectivity index (χ2v) is 4.13. The molecule has 0 amide bonds. The average Bonchev–Trinajstić information content (AvgIpc) is 2.45. The van der Waals surface area contributed by atoms with E-state index in [1.54, 1.807) is 18.2 Å². The first kappa shape index (κ1) is 16.4. The van der Waals surface area contributed by atoms with Gasteiger partial charge in [0.2, 0.25) is 0 Å². The Balaban J connectivity index is 0.00000200. The molecule has 108 valence electrons. The van der Waals surface area contributed by atoms with E-state index >= 15 is 0 Å². The van der Waals surface area contributed by atoms with E-state index in [1.165, 1.54) is 0 Å². The fourth-order valence-electron chi connectivity index (χ4n) is 1.80. The molecule has 2 nitrogen and oxygen atoms in total. The van der Waals surface area contributed by atoms with Gasteiger partial charge in [0.1, 0.15) is 12.4 Å². The zero-order valence-electron chi connectivity index (χ0n) is 10.8. The topological polar surface area (TPSA) is 35.2 Å². The van der Waals surface area contributed by atoms with Crippen molar-refractivity contribution in [2.75, 3.05) is 6.61 Å². The molecule has 0 unspecified atom stereocenters. The van der Waals surface area contributed by atoms with Gasteiger partial charge in [0.05, 0.1) is 0 Å². The Hall–Kier alpha value is -1.65. The van der Waals surface area contributed by atoms with Crippen LogP contribution in [0.1, 0.15) is 5.56 Å². The van der Waals surface area contributed by atoms with Crippen molar-refractivity contribution in [2.24, 2.45) is 5.73 Å². The molecule has 0 atom stereocenters. The summed E-state index contributed by atoms with van der Waals surface area (Å²) in [6, 6.07) is 14.9. The lowest BCUT2D eigenvalue weighted by molar-refractivity contribution is 0.0819. The van der Waals surface area contributed by atoms with E-state index in [2.05, 4.69) is 0 Å². The van der Waals surface area contributed by atoms with Crippen molar-refractivity contribution in [3.63, 3.8) is 0 Å². The van der Waals surface area contributed by atoms with Crippen molar-refractivity contribution >= 4 is 12.4 Å². The van der Waals surface area contributed by atoms with E-state index in [9.17, 15) is 8.78 Å². The van der Waals surface area contributed by atoms with Gasteiger partial charge in [0.15, 0.2) is 0 Å². The lowest BCUT2D eigenvalue weighted by Crippen LogP contribution is -2.06. The third-order valence-corrected chi connectivity index (χ3v) is 2.71. The van der Waals surface area contributed by atoms with Crippen molar-refractivity contribution in [2.45, 2.75) is 13.0 Å². The van der Waals surface area contributed by atoms with Crippen molar-refractivity contribution in [1.82, 2.24) is 0 Å². The number of nitrogens with two attached hydrogens (primary N) is 1. The summed E-state index contributed by atoms with van der Waals surface area (Å²) in [6.07, 6.45) is -2.47. The highest BCUT2D eigenvalue weighted by atomic mass is 35.5. The molecule has 2 rings (SSSR count). The van der Waals surface area contributed by atoms with Crippen LogP contribution < -0.4 is 10.5 Å². The van der Waals surface area contributed by atoms with Crippen LogP contribution in [0.25, 0.3) is 11.1 Å². The van der Waals surface area contributed by atoms with Gasteiger partial charge in [-0.1, -0.05) is 30.3 Å². The second kappa shape index (κ2) is 7.82. The molecule has 0 aliphatic rings. The van der Waals surface area contributed by atoms with Crippen LogP contribution in [0.4, 0.5) is 8.78 Å². The van der Waals surface area contributed by atoms with E-state index in [1.807, 2.05) is 30.3 Å². The van der Waals surface area contributed by atoms with Crippen molar-refractivity contribution in [3.05, 3.63) is 54.1 Å². The molecule has 0 saturated heterocycles. The van der Waals surface area contributed by atoms with Crippen molar-refractivity contribution in [3.8, 4) is 16.9 Å². The Kier molecular flexibility index (Phi) is 6.42. The molecule has 2 N–H and O–H groups in total. The van der Waals surface area contributed by atoms with Gasteiger partial charge in [-0.3, -0.25) is 0 Å². The maximum atomic E-state index is 12.1. The maximum Gasteiger partial charge on any atom is 0.272 e. The lowest BCUT2D eigenvalue weighted by atomic mass is 10.0. The number of halogens is 3. The predicted octanol–water partition coefficient (Wildman–Crippen LogP) is 3.88. The average molecular weight is 300 g/mol. The minimum Gasteiger partial charge on any atom is -0.488 e. The van der Waals surface area contributed by atoms with E-state index < -0.39 is 13.0 Å². The largest absolute Gasteiger partial charge is 0.488 e. The van der Waals surface area contributed by atoms with Crippen LogP contribution in [0.2, 0.25) is 0 Å². The minimum atomic E-state index is -2.47. The molecule has 0 bridgehead atoms. The Morgan fingerprint density at radius 3 is 2.30 bits per heavy atom. The monoisotopic (exact) mass is 299 g/mol. The van der Waals surface area contributed by atoms with Crippen molar-refractivity contribution in [1.29, 1.82) is 0 Å². The second-order valence-electron chi connectivity index (χ2n) is 4.13. The summed E-state index contributed by atoms with van der Waals surface area (Å²) < 4.78 is 29.2. The summed E-state index contributed by atoms with van der Waals surface area (Å²) in [6.45, 7) is -0.123. The van der Waals surface area contributed by atoms with Gasteiger partial charge in [-0.15, -0.1) is 12.4 Å². The van der Waals surface area contributed by atoms with Crippen LogP contribution in [0.3, 0.4) is 0 Å². The molecule has 20 heavy (non-hydrogen) atoms. The van der Waals surface area contributed by atoms with Gasteiger partial charge in [-0.2, -0.15) is 0 Å². The van der Waals surface area contributed by atoms with Gasteiger partial charge in [-0.05, 0) is 34.9 Å². The van der Waals surface area contributed by atoms with Crippen LogP contribution in [-0.4, -0.2) is 13.0 Å². The highest BCUT2D eigenvalue weighted by Gasteiger charge is 2.05. The summed E-state index contributed by atoms with van der Waals surface area (Å²) in [5.74, 6) is 0.441. The van der Waals surface area contributed by atoms with Gasteiger partial charge < -0.3 is 10.5 Å². The smallest absolute Gasteiger partial charge is 0.272 e. The Morgan fingerprint density at radius 1 is 1.00 bits per heavy atom. The van der Waals surface area contributed by atoms with E-state index in [-0.39, 0.29) is 12.4 Å². The molecular weight excluding hydrogens is 284 g/mol. The zero-order valence-corrected chi connectivity index (χ0v) is 11.6. The Bertz CT molecular complexity index is 549. The summed E-state index contributed by atoms with van der Waals surface area (Å²) >= 11 is 0. The number of rotatable bonds is 5. The third kappa shape index (κ3) is 4.47. The molecule has 0 radical (unpaired) electrons. The molecule has 0 spiro atoms. The molecule has 2 aromatic rings. The molecule has 0 saturated carbocycles. The maximum absolute atomic E-state index is 12.1. The highest BCUT2D eigenvalue weighted by molar-refractivity contribution is 5.85. The molecule has 0 heterocycles. The molecular formula is C15H16ClF2NO. The first-order valence-corrected chi connectivity index (χ1v) is 5.99. The van der Waals surface area contributed by atoms with Crippen LogP contribution in [0, 0.1) is 0 Å². The third-order valence-electron chi connectivity index (χ3n) is 2.71. The number of ether oxygens (including phenoxy) is 1. The number of hydrogen-bond donors (Lipinski definition) is 1. The van der Waals surface area contributed by atoms with Crippen LogP contribution in [0.15, 0.2) is 48.5 Å². The molecule has 2 aromatic carbocycles. The molecule has 0 aliphatic carbocycles. The molecule has 0 aliphatic heterocycles. The summed E-state index contributed by atoms with van der Waals surface area (Å²) in [5, 5.41) is 0. The summed E-state index contributed by atoms with van der Waals surface area (Å²) in [5.41, 5.74) is 8.53. The molecule has 5 heteroatoms. The fraction of sp³-hybridized carbons (Fsp3) is 0.200. The van der Waals surface area contributed by atoms with Gasteiger partial charge >= 0.3 is 0 Å². The van der Waals surface area contributed by atoms with Gasteiger partial charge in [0.25, 0.3) is 6.43 Å². The van der Waals surface area contributed by atoms with Gasteiger partial charge in [0, 0.05) is 6.54 Å². The van der Waals surface area contributed by atoms with E-state index in [4.69, 9.17) is 10.5 Å². The van der Waals surface area contributed by atoms with Crippen LogP contribution in [-0.2, 0) is 6.54 Å². The normalized spacial score (nSPS) is 10.2. The van der Waals surface area contributed by atoms with Crippen LogP contribution >= 0.6 is 12.4 Å². The minimum absolute atomic E-state index is 0. The van der Waals surface area contributed by atoms with Crippen molar-refractivity contribution < 1.29 is 13.5 Å².